The van der Waals surface area contributed by atoms with Gasteiger partial charge in [0.1, 0.15) is 23.7 Å². The Morgan fingerprint density at radius 2 is 1.85 bits per heavy atom. The van der Waals surface area contributed by atoms with Gasteiger partial charge in [-0.05, 0) is 55.8 Å². The highest BCUT2D eigenvalue weighted by Crippen LogP contribution is 2.40. The number of nitrogens with zero attached hydrogens (tertiary/aromatic N) is 2. The van der Waals surface area contributed by atoms with Gasteiger partial charge in [-0.2, -0.15) is 0 Å². The normalized spacial score (nSPS) is 23.7. The first-order valence-corrected chi connectivity index (χ1v) is 13.9. The molecule has 0 radical (unpaired) electrons. The summed E-state index contributed by atoms with van der Waals surface area (Å²) in [6, 6.07) is 14.6. The molecule has 0 unspecified atom stereocenters. The highest BCUT2D eigenvalue weighted by molar-refractivity contribution is 9.10. The average Bonchev–Trinajstić information content (AvgIpc) is 3.66. The van der Waals surface area contributed by atoms with Crippen LogP contribution in [0.1, 0.15) is 45.1 Å². The number of methoxy groups -OCH3 is 1. The van der Waals surface area contributed by atoms with E-state index in [1.165, 1.54) is 17.5 Å². The molecule has 4 aromatic rings. The number of imidazole rings is 1. The van der Waals surface area contributed by atoms with Gasteiger partial charge in [-0.1, -0.05) is 39.4 Å². The molecule has 0 N–H and O–H groups in total. The quantitative estimate of drug-likeness (QED) is 0.255. The van der Waals surface area contributed by atoms with Crippen molar-refractivity contribution in [1.82, 2.24) is 9.38 Å². The van der Waals surface area contributed by atoms with Gasteiger partial charge in [0.05, 0.1) is 24.8 Å². The SMILES string of the molecule is COc1ccc(CO[C@@H]2[C@H]3OC(C)(C)O[C@H]3O[C@@H]2C(=O)c2cn3c(C(=O)c4ccc(Br)cc4)cnc3s2)cc1. The number of carbonyl (C=O) groups excluding carboxylic acids is 2. The molecule has 202 valence electrons. The average molecular weight is 613 g/mol. The molecule has 2 aliphatic heterocycles. The maximum Gasteiger partial charge on any atom is 0.211 e. The monoisotopic (exact) mass is 612 g/mol. The third kappa shape index (κ3) is 5.06. The highest BCUT2D eigenvalue weighted by Gasteiger charge is 2.57. The Kier molecular flexibility index (Phi) is 6.90. The summed E-state index contributed by atoms with van der Waals surface area (Å²) in [5.41, 5.74) is 1.80. The van der Waals surface area contributed by atoms with Gasteiger partial charge in [0.15, 0.2) is 23.1 Å². The minimum Gasteiger partial charge on any atom is -0.497 e. The Hall–Kier alpha value is -2.93. The Morgan fingerprint density at radius 1 is 1.10 bits per heavy atom. The molecule has 0 saturated carbocycles. The Balaban J connectivity index is 1.25. The van der Waals surface area contributed by atoms with Gasteiger partial charge in [-0.3, -0.25) is 14.0 Å². The van der Waals surface area contributed by atoms with E-state index in [2.05, 4.69) is 20.9 Å². The van der Waals surface area contributed by atoms with Crippen LogP contribution in [-0.4, -0.2) is 58.4 Å². The Labute approximate surface area is 236 Å². The van der Waals surface area contributed by atoms with Gasteiger partial charge in [0.25, 0.3) is 0 Å². The maximum absolute atomic E-state index is 13.7. The van der Waals surface area contributed by atoms with Crippen molar-refractivity contribution in [3.05, 3.63) is 87.1 Å². The van der Waals surface area contributed by atoms with E-state index >= 15 is 0 Å². The zero-order valence-corrected chi connectivity index (χ0v) is 23.7. The molecule has 0 amide bonds. The standard InChI is InChI=1S/C28H25BrN2O7S/c1-28(2)37-25-24(35-14-15-4-10-18(34-3)11-5-15)23(36-26(25)38-28)22(33)20-13-31-19(12-30-27(31)39-20)21(32)16-6-8-17(29)9-7-16/h4-13,23-26H,14H2,1-3H3/t23-,24+,25-,26-/m1/s1. The van der Waals surface area contributed by atoms with Gasteiger partial charge in [-0.15, -0.1) is 0 Å². The summed E-state index contributed by atoms with van der Waals surface area (Å²) in [5, 5.41) is 0. The van der Waals surface area contributed by atoms with Gasteiger partial charge < -0.3 is 23.7 Å². The first kappa shape index (κ1) is 26.3. The lowest BCUT2D eigenvalue weighted by molar-refractivity contribution is -0.212. The molecule has 2 aromatic carbocycles. The zero-order valence-electron chi connectivity index (χ0n) is 21.3. The van der Waals surface area contributed by atoms with E-state index in [0.717, 1.165) is 15.8 Å². The number of rotatable bonds is 8. The molecule has 39 heavy (non-hydrogen) atoms. The van der Waals surface area contributed by atoms with Crippen LogP contribution in [-0.2, 0) is 25.6 Å². The predicted octanol–water partition coefficient (Wildman–Crippen LogP) is 5.04. The van der Waals surface area contributed by atoms with Gasteiger partial charge >= 0.3 is 0 Å². The van der Waals surface area contributed by atoms with Crippen molar-refractivity contribution in [2.24, 2.45) is 0 Å². The van der Waals surface area contributed by atoms with Crippen molar-refractivity contribution in [3.63, 3.8) is 0 Å². The second kappa shape index (κ2) is 10.2. The largest absolute Gasteiger partial charge is 0.497 e. The molecule has 0 bridgehead atoms. The number of hydrogen-bond acceptors (Lipinski definition) is 9. The van der Waals surface area contributed by atoms with Crippen molar-refractivity contribution in [3.8, 4) is 5.75 Å². The lowest BCUT2D eigenvalue weighted by Crippen LogP contribution is -2.40. The number of halogens is 1. The molecule has 4 atom stereocenters. The summed E-state index contributed by atoms with van der Waals surface area (Å²) >= 11 is 4.57. The number of ketones is 2. The van der Waals surface area contributed by atoms with Crippen LogP contribution in [0.5, 0.6) is 5.75 Å². The summed E-state index contributed by atoms with van der Waals surface area (Å²) in [4.78, 5) is 32.2. The fourth-order valence-corrected chi connectivity index (χ4v) is 5.93. The van der Waals surface area contributed by atoms with Crippen LogP contribution >= 0.6 is 27.3 Å². The third-order valence-corrected chi connectivity index (χ3v) is 8.18. The zero-order chi connectivity index (χ0) is 27.3. The molecule has 0 spiro atoms. The number of hydrogen-bond donors (Lipinski definition) is 0. The highest BCUT2D eigenvalue weighted by atomic mass is 79.9. The summed E-state index contributed by atoms with van der Waals surface area (Å²) in [6.45, 7) is 3.84. The molecule has 2 saturated heterocycles. The molecule has 0 aliphatic carbocycles. The van der Waals surface area contributed by atoms with Gasteiger partial charge in [0.2, 0.25) is 11.6 Å². The molecule has 6 rings (SSSR count). The second-order valence-corrected chi connectivity index (χ2v) is 11.7. The van der Waals surface area contributed by atoms with Crippen LogP contribution in [0.3, 0.4) is 0 Å². The number of benzene rings is 2. The first-order chi connectivity index (χ1) is 18.7. The van der Waals surface area contributed by atoms with E-state index < -0.39 is 30.4 Å². The fraction of sp³-hybridized carbons (Fsp3) is 0.321. The Morgan fingerprint density at radius 3 is 2.56 bits per heavy atom. The van der Waals surface area contributed by atoms with E-state index in [4.69, 9.17) is 23.7 Å². The van der Waals surface area contributed by atoms with E-state index in [1.807, 2.05) is 24.3 Å². The van der Waals surface area contributed by atoms with E-state index in [0.29, 0.717) is 21.1 Å². The van der Waals surface area contributed by atoms with E-state index in [-0.39, 0.29) is 18.2 Å². The van der Waals surface area contributed by atoms with Crippen LogP contribution in [0.15, 0.2) is 65.4 Å². The first-order valence-electron chi connectivity index (χ1n) is 12.3. The summed E-state index contributed by atoms with van der Waals surface area (Å²) in [5.74, 6) is -0.599. The summed E-state index contributed by atoms with van der Waals surface area (Å²) in [7, 11) is 1.61. The Bertz CT molecular complexity index is 1530. The molecular weight excluding hydrogens is 588 g/mol. The minimum absolute atomic E-state index is 0.191. The fourth-order valence-electron chi connectivity index (χ4n) is 4.74. The van der Waals surface area contributed by atoms with Gasteiger partial charge in [-0.25, -0.2) is 4.98 Å². The minimum atomic E-state index is -0.955. The summed E-state index contributed by atoms with van der Waals surface area (Å²) in [6.07, 6.45) is 0.170. The lowest BCUT2D eigenvalue weighted by atomic mass is 10.1. The third-order valence-electron chi connectivity index (χ3n) is 6.64. The molecule has 4 heterocycles. The van der Waals surface area contributed by atoms with E-state index in [1.54, 1.807) is 55.8 Å². The van der Waals surface area contributed by atoms with Crippen LogP contribution in [0, 0.1) is 0 Å². The maximum atomic E-state index is 13.7. The molecular formula is C28H25BrN2O7S. The number of carbonyl (C=O) groups is 2. The van der Waals surface area contributed by atoms with Gasteiger partial charge in [0, 0.05) is 16.2 Å². The van der Waals surface area contributed by atoms with E-state index in [9.17, 15) is 9.59 Å². The molecule has 2 aromatic heterocycles. The number of Topliss-reactive ketones (excluding diaryl/α,β-unsaturated/α-hetero) is 1. The van der Waals surface area contributed by atoms with Crippen LogP contribution in [0.2, 0.25) is 0 Å². The topological polar surface area (TPSA) is 97.6 Å². The van der Waals surface area contributed by atoms with Crippen LogP contribution in [0.25, 0.3) is 4.96 Å². The van der Waals surface area contributed by atoms with Crippen molar-refractivity contribution >= 4 is 43.8 Å². The van der Waals surface area contributed by atoms with Crippen LogP contribution in [0.4, 0.5) is 0 Å². The lowest BCUT2D eigenvalue weighted by Gasteiger charge is -2.25. The number of fused-ring (bicyclic) bond motifs is 2. The second-order valence-electron chi connectivity index (χ2n) is 9.74. The van der Waals surface area contributed by atoms with Crippen molar-refractivity contribution < 1.29 is 33.3 Å². The van der Waals surface area contributed by atoms with Crippen molar-refractivity contribution in [1.29, 1.82) is 0 Å². The molecule has 2 aliphatic rings. The smallest absolute Gasteiger partial charge is 0.211 e. The van der Waals surface area contributed by atoms with Crippen LogP contribution < -0.4 is 4.74 Å². The molecule has 11 heteroatoms. The molecule has 2 fully saturated rings. The molecule has 9 nitrogen and oxygen atoms in total. The predicted molar refractivity (Wildman–Crippen MR) is 145 cm³/mol. The van der Waals surface area contributed by atoms with Crippen molar-refractivity contribution in [2.75, 3.05) is 7.11 Å². The summed E-state index contributed by atoms with van der Waals surface area (Å²) < 4.78 is 32.0. The van der Waals surface area contributed by atoms with Crippen molar-refractivity contribution in [2.45, 2.75) is 50.8 Å². The number of ether oxygens (including phenoxy) is 5. The number of thiazole rings is 1. The number of aromatic nitrogens is 2.